The van der Waals surface area contributed by atoms with Crippen molar-refractivity contribution in [3.8, 4) is 0 Å². The van der Waals surface area contributed by atoms with Gasteiger partial charge in [0.15, 0.2) is 0 Å². The second kappa shape index (κ2) is 5.41. The molecule has 0 bridgehead atoms. The van der Waals surface area contributed by atoms with Gasteiger partial charge in [0.2, 0.25) is 5.91 Å². The van der Waals surface area contributed by atoms with Crippen LogP contribution in [0.3, 0.4) is 0 Å². The molecule has 4 heteroatoms. The van der Waals surface area contributed by atoms with Gasteiger partial charge in [0, 0.05) is 17.3 Å². The van der Waals surface area contributed by atoms with Crippen LogP contribution in [0.4, 0.5) is 0 Å². The summed E-state index contributed by atoms with van der Waals surface area (Å²) in [5.41, 5.74) is 0. The lowest BCUT2D eigenvalue weighted by Crippen LogP contribution is -2.33. The van der Waals surface area contributed by atoms with Crippen molar-refractivity contribution < 1.29 is 4.79 Å². The van der Waals surface area contributed by atoms with E-state index in [4.69, 9.17) is 0 Å². The molecular weight excluding hydrogens is 244 g/mol. The van der Waals surface area contributed by atoms with E-state index < -0.39 is 0 Å². The molecule has 98 valence electrons. The third kappa shape index (κ3) is 2.93. The van der Waals surface area contributed by atoms with Crippen LogP contribution in [0, 0.1) is 5.92 Å². The molecule has 1 aliphatic carbocycles. The molecule has 18 heavy (non-hydrogen) atoms. The number of carbonyl (C=O) groups is 1. The maximum Gasteiger partial charge on any atom is 0.223 e. The largest absolute Gasteiger partial charge is 0.335 e. The van der Waals surface area contributed by atoms with Crippen molar-refractivity contribution in [3.63, 3.8) is 0 Å². The second-order valence-electron chi connectivity index (χ2n) is 5.40. The number of thiophene rings is 1. The molecule has 1 aromatic rings. The first-order valence-electron chi connectivity index (χ1n) is 6.85. The standard InChI is InChI=1S/C14H20N2OS/c17-14(8-11-5-6-15-9-11)16(12-3-4-12)10-13-2-1-7-18-13/h1-2,7,11-12,15H,3-6,8-10H2. The van der Waals surface area contributed by atoms with Crippen molar-refractivity contribution in [1.82, 2.24) is 10.2 Å². The van der Waals surface area contributed by atoms with Crippen LogP contribution in [0.1, 0.15) is 30.6 Å². The lowest BCUT2D eigenvalue weighted by Gasteiger charge is -2.23. The van der Waals surface area contributed by atoms with E-state index in [1.807, 2.05) is 0 Å². The van der Waals surface area contributed by atoms with E-state index in [1.165, 1.54) is 17.7 Å². The summed E-state index contributed by atoms with van der Waals surface area (Å²) in [5.74, 6) is 0.918. The lowest BCUT2D eigenvalue weighted by molar-refractivity contribution is -0.133. The van der Waals surface area contributed by atoms with Gasteiger partial charge in [-0.15, -0.1) is 11.3 Å². The fraction of sp³-hybridized carbons (Fsp3) is 0.643. The molecule has 1 atom stereocenters. The molecule has 1 saturated carbocycles. The minimum Gasteiger partial charge on any atom is -0.335 e. The van der Waals surface area contributed by atoms with Crippen LogP contribution in [0.2, 0.25) is 0 Å². The number of nitrogens with one attached hydrogen (secondary N) is 1. The third-order valence-corrected chi connectivity index (χ3v) is 4.70. The molecule has 1 unspecified atom stereocenters. The van der Waals surface area contributed by atoms with E-state index in [0.717, 1.165) is 32.5 Å². The van der Waals surface area contributed by atoms with Crippen LogP contribution in [0.25, 0.3) is 0 Å². The van der Waals surface area contributed by atoms with Crippen molar-refractivity contribution >= 4 is 17.2 Å². The van der Waals surface area contributed by atoms with Crippen LogP contribution in [0.15, 0.2) is 17.5 Å². The maximum absolute atomic E-state index is 12.4. The number of carbonyl (C=O) groups excluding carboxylic acids is 1. The third-order valence-electron chi connectivity index (χ3n) is 3.84. The summed E-state index contributed by atoms with van der Waals surface area (Å²) in [7, 11) is 0. The highest BCUT2D eigenvalue weighted by Crippen LogP contribution is 2.30. The highest BCUT2D eigenvalue weighted by atomic mass is 32.1. The van der Waals surface area contributed by atoms with Gasteiger partial charge in [-0.2, -0.15) is 0 Å². The van der Waals surface area contributed by atoms with Gasteiger partial charge in [0.05, 0.1) is 6.54 Å². The molecule has 3 rings (SSSR count). The van der Waals surface area contributed by atoms with Crippen molar-refractivity contribution in [2.24, 2.45) is 5.92 Å². The summed E-state index contributed by atoms with van der Waals surface area (Å²) < 4.78 is 0. The predicted molar refractivity (Wildman–Crippen MR) is 73.5 cm³/mol. The van der Waals surface area contributed by atoms with Crippen LogP contribution < -0.4 is 5.32 Å². The average Bonchev–Trinajstić information content (AvgIpc) is 2.87. The van der Waals surface area contributed by atoms with Gasteiger partial charge in [0.1, 0.15) is 0 Å². The predicted octanol–water partition coefficient (Wildman–Crippen LogP) is 2.24. The van der Waals surface area contributed by atoms with Gasteiger partial charge in [-0.3, -0.25) is 4.79 Å². The lowest BCUT2D eigenvalue weighted by atomic mass is 10.0. The molecule has 2 aliphatic rings. The summed E-state index contributed by atoms with van der Waals surface area (Å²) in [6.45, 7) is 2.91. The Morgan fingerprint density at radius 1 is 1.44 bits per heavy atom. The smallest absolute Gasteiger partial charge is 0.223 e. The van der Waals surface area contributed by atoms with E-state index in [0.29, 0.717) is 17.9 Å². The zero-order chi connectivity index (χ0) is 12.4. The Kier molecular flexibility index (Phi) is 3.66. The SMILES string of the molecule is O=C(CC1CCNC1)N(Cc1cccs1)C1CC1. The Bertz CT molecular complexity index is 394. The Labute approximate surface area is 112 Å². The quantitative estimate of drug-likeness (QED) is 0.884. The zero-order valence-electron chi connectivity index (χ0n) is 10.6. The van der Waals surface area contributed by atoms with Crippen LogP contribution in [-0.2, 0) is 11.3 Å². The van der Waals surface area contributed by atoms with E-state index in [-0.39, 0.29) is 0 Å². The number of hydrogen-bond acceptors (Lipinski definition) is 3. The fourth-order valence-corrected chi connectivity index (χ4v) is 3.33. The molecule has 1 aromatic heterocycles. The molecule has 1 N–H and O–H groups in total. The number of hydrogen-bond donors (Lipinski definition) is 1. The van der Waals surface area contributed by atoms with Gasteiger partial charge in [-0.25, -0.2) is 0 Å². The molecule has 1 saturated heterocycles. The fourth-order valence-electron chi connectivity index (χ4n) is 2.63. The Morgan fingerprint density at radius 2 is 2.33 bits per heavy atom. The van der Waals surface area contributed by atoms with Crippen LogP contribution in [0.5, 0.6) is 0 Å². The maximum atomic E-state index is 12.4. The minimum atomic E-state index is 0.361. The Morgan fingerprint density at radius 3 is 2.94 bits per heavy atom. The first-order valence-corrected chi connectivity index (χ1v) is 7.73. The van der Waals surface area contributed by atoms with Crippen LogP contribution >= 0.6 is 11.3 Å². The molecule has 0 spiro atoms. The highest BCUT2D eigenvalue weighted by molar-refractivity contribution is 7.09. The first kappa shape index (κ1) is 12.2. The molecule has 1 aliphatic heterocycles. The summed E-state index contributed by atoms with van der Waals surface area (Å²) in [5, 5.41) is 5.43. The monoisotopic (exact) mass is 264 g/mol. The summed E-state index contributed by atoms with van der Waals surface area (Å²) in [6, 6.07) is 4.72. The van der Waals surface area contributed by atoms with E-state index in [2.05, 4.69) is 27.7 Å². The Hall–Kier alpha value is -0.870. The normalized spacial score (nSPS) is 23.2. The van der Waals surface area contributed by atoms with Gasteiger partial charge in [-0.1, -0.05) is 6.07 Å². The number of rotatable bonds is 5. The summed E-state index contributed by atoms with van der Waals surface area (Å²) >= 11 is 1.75. The van der Waals surface area contributed by atoms with Crippen molar-refractivity contribution in [2.45, 2.75) is 38.3 Å². The van der Waals surface area contributed by atoms with Crippen molar-refractivity contribution in [2.75, 3.05) is 13.1 Å². The Balaban J connectivity index is 1.60. The van der Waals surface area contributed by atoms with Gasteiger partial charge >= 0.3 is 0 Å². The highest BCUT2D eigenvalue weighted by Gasteiger charge is 2.33. The average molecular weight is 264 g/mol. The van der Waals surface area contributed by atoms with E-state index in [9.17, 15) is 4.79 Å². The van der Waals surface area contributed by atoms with E-state index in [1.54, 1.807) is 11.3 Å². The van der Waals surface area contributed by atoms with E-state index >= 15 is 0 Å². The molecule has 2 fully saturated rings. The number of nitrogens with zero attached hydrogens (tertiary/aromatic N) is 1. The van der Waals surface area contributed by atoms with Gasteiger partial charge < -0.3 is 10.2 Å². The molecule has 1 amide bonds. The summed E-state index contributed by atoms with van der Waals surface area (Å²) in [6.07, 6.45) is 4.28. The number of amides is 1. The summed E-state index contributed by atoms with van der Waals surface area (Å²) in [4.78, 5) is 15.8. The molecule has 3 nitrogen and oxygen atoms in total. The second-order valence-corrected chi connectivity index (χ2v) is 6.43. The van der Waals surface area contributed by atoms with Gasteiger partial charge in [-0.05, 0) is 49.7 Å². The van der Waals surface area contributed by atoms with Crippen molar-refractivity contribution in [1.29, 1.82) is 0 Å². The molecule has 2 heterocycles. The van der Waals surface area contributed by atoms with Gasteiger partial charge in [0.25, 0.3) is 0 Å². The molecule has 0 aromatic carbocycles. The molecular formula is C14H20N2OS. The topological polar surface area (TPSA) is 32.3 Å². The van der Waals surface area contributed by atoms with Crippen molar-refractivity contribution in [3.05, 3.63) is 22.4 Å². The minimum absolute atomic E-state index is 0.361. The van der Waals surface area contributed by atoms with Crippen LogP contribution in [-0.4, -0.2) is 29.9 Å². The zero-order valence-corrected chi connectivity index (χ0v) is 11.4. The molecule has 0 radical (unpaired) electrons. The first-order chi connectivity index (χ1) is 8.83.